The van der Waals surface area contributed by atoms with Crippen LogP contribution in [0.2, 0.25) is 0 Å². The van der Waals surface area contributed by atoms with E-state index in [1.54, 1.807) is 24.1 Å². The zero-order valence-corrected chi connectivity index (χ0v) is 10.6. The number of anilines is 2. The highest BCUT2D eigenvalue weighted by molar-refractivity contribution is 5.98. The summed E-state index contributed by atoms with van der Waals surface area (Å²) in [5.41, 5.74) is 0.782. The summed E-state index contributed by atoms with van der Waals surface area (Å²) in [5, 5.41) is 8.74. The summed E-state index contributed by atoms with van der Waals surface area (Å²) in [7, 11) is 1.60. The van der Waals surface area contributed by atoms with E-state index in [2.05, 4.69) is 0 Å². The minimum atomic E-state index is -0.943. The molecule has 2 rings (SSSR count). The zero-order valence-electron chi connectivity index (χ0n) is 10.6. The van der Waals surface area contributed by atoms with E-state index in [0.29, 0.717) is 17.9 Å². The topological polar surface area (TPSA) is 60.9 Å². The normalized spacial score (nSPS) is 15.2. The van der Waals surface area contributed by atoms with E-state index in [9.17, 15) is 14.0 Å². The zero-order chi connectivity index (χ0) is 14.0. The molecule has 1 aliphatic heterocycles. The Morgan fingerprint density at radius 2 is 2.21 bits per heavy atom. The third kappa shape index (κ3) is 2.67. The standard InChI is InChI=1S/C13H15FN2O3/c1-15-10-4-2-3-9(14)13(10)16(7-5-11(15)17)8-6-12(18)19/h2-4H,5-8H2,1H3,(H,18,19). The van der Waals surface area contributed by atoms with Crippen molar-refractivity contribution in [2.75, 3.05) is 29.9 Å². The third-order valence-corrected chi connectivity index (χ3v) is 3.21. The maximum atomic E-state index is 14.0. The van der Waals surface area contributed by atoms with Gasteiger partial charge in [0.15, 0.2) is 0 Å². The van der Waals surface area contributed by atoms with Crippen LogP contribution in [0.1, 0.15) is 12.8 Å². The third-order valence-electron chi connectivity index (χ3n) is 3.21. The molecule has 0 atom stereocenters. The summed E-state index contributed by atoms with van der Waals surface area (Å²) in [6, 6.07) is 4.52. The fourth-order valence-electron chi connectivity index (χ4n) is 2.19. The molecule has 1 aliphatic rings. The van der Waals surface area contributed by atoms with Crippen LogP contribution in [0.4, 0.5) is 15.8 Å². The molecule has 1 N–H and O–H groups in total. The van der Waals surface area contributed by atoms with Crippen LogP contribution in [0.3, 0.4) is 0 Å². The van der Waals surface area contributed by atoms with Crippen molar-refractivity contribution in [2.24, 2.45) is 0 Å². The number of para-hydroxylation sites is 1. The Morgan fingerprint density at radius 3 is 2.89 bits per heavy atom. The average Bonchev–Trinajstić information content (AvgIpc) is 2.48. The van der Waals surface area contributed by atoms with E-state index >= 15 is 0 Å². The smallest absolute Gasteiger partial charge is 0.305 e. The van der Waals surface area contributed by atoms with Crippen molar-refractivity contribution in [1.29, 1.82) is 0 Å². The predicted octanol–water partition coefficient (Wildman–Crippen LogP) is 1.47. The van der Waals surface area contributed by atoms with Gasteiger partial charge in [-0.1, -0.05) is 6.07 Å². The number of benzene rings is 1. The number of carboxylic acids is 1. The average molecular weight is 266 g/mol. The summed E-state index contributed by atoms with van der Waals surface area (Å²) in [4.78, 5) is 25.5. The first-order chi connectivity index (χ1) is 9.00. The minimum absolute atomic E-state index is 0.0916. The molecule has 19 heavy (non-hydrogen) atoms. The van der Waals surface area contributed by atoms with Crippen molar-refractivity contribution in [3.63, 3.8) is 0 Å². The van der Waals surface area contributed by atoms with Gasteiger partial charge in [0.05, 0.1) is 17.8 Å². The number of hydrogen-bond donors (Lipinski definition) is 1. The van der Waals surface area contributed by atoms with E-state index in [1.807, 2.05) is 0 Å². The maximum absolute atomic E-state index is 14.0. The number of fused-ring (bicyclic) bond motifs is 1. The van der Waals surface area contributed by atoms with Crippen molar-refractivity contribution >= 4 is 23.3 Å². The Labute approximate surface area is 110 Å². The molecule has 0 bridgehead atoms. The Morgan fingerprint density at radius 1 is 1.47 bits per heavy atom. The molecular formula is C13H15FN2O3. The van der Waals surface area contributed by atoms with Gasteiger partial charge in [-0.3, -0.25) is 9.59 Å². The first-order valence-electron chi connectivity index (χ1n) is 6.02. The quantitative estimate of drug-likeness (QED) is 0.900. The summed E-state index contributed by atoms with van der Waals surface area (Å²) >= 11 is 0. The molecule has 0 aliphatic carbocycles. The summed E-state index contributed by atoms with van der Waals surface area (Å²) in [6.45, 7) is 0.509. The number of halogens is 1. The second-order valence-corrected chi connectivity index (χ2v) is 4.44. The molecule has 0 aromatic heterocycles. The molecule has 1 aromatic rings. The largest absolute Gasteiger partial charge is 0.481 e. The lowest BCUT2D eigenvalue weighted by Gasteiger charge is -2.25. The van der Waals surface area contributed by atoms with Gasteiger partial charge in [-0.25, -0.2) is 4.39 Å². The monoisotopic (exact) mass is 266 g/mol. The number of amides is 1. The minimum Gasteiger partial charge on any atom is -0.481 e. The molecule has 5 nitrogen and oxygen atoms in total. The van der Waals surface area contributed by atoms with Gasteiger partial charge in [0.25, 0.3) is 0 Å². The molecule has 1 heterocycles. The van der Waals surface area contributed by atoms with Crippen LogP contribution >= 0.6 is 0 Å². The van der Waals surface area contributed by atoms with Crippen LogP contribution in [0, 0.1) is 5.82 Å². The number of carboxylic acid groups (broad SMARTS) is 1. The van der Waals surface area contributed by atoms with Gasteiger partial charge in [-0.15, -0.1) is 0 Å². The lowest BCUT2D eigenvalue weighted by atomic mass is 10.2. The van der Waals surface area contributed by atoms with Gasteiger partial charge in [0.1, 0.15) is 5.82 Å². The van der Waals surface area contributed by atoms with E-state index < -0.39 is 11.8 Å². The van der Waals surface area contributed by atoms with Crippen LogP contribution < -0.4 is 9.80 Å². The molecule has 6 heteroatoms. The first kappa shape index (κ1) is 13.3. The molecule has 0 spiro atoms. The Hall–Kier alpha value is -2.11. The summed E-state index contributed by atoms with van der Waals surface area (Å²) in [6.07, 6.45) is 0.149. The number of carbonyl (C=O) groups excluding carboxylic acids is 1. The van der Waals surface area contributed by atoms with Crippen LogP contribution in [0.25, 0.3) is 0 Å². The highest BCUT2D eigenvalue weighted by atomic mass is 19.1. The number of carbonyl (C=O) groups is 2. The molecule has 0 unspecified atom stereocenters. The number of rotatable bonds is 3. The van der Waals surface area contributed by atoms with Crippen molar-refractivity contribution < 1.29 is 19.1 Å². The molecule has 0 fully saturated rings. The lowest BCUT2D eigenvalue weighted by Crippen LogP contribution is -2.28. The van der Waals surface area contributed by atoms with Crippen molar-refractivity contribution in [3.05, 3.63) is 24.0 Å². The molecular weight excluding hydrogens is 251 g/mol. The number of nitrogens with zero attached hydrogens (tertiary/aromatic N) is 2. The van der Waals surface area contributed by atoms with Crippen molar-refractivity contribution in [1.82, 2.24) is 0 Å². The molecule has 0 saturated heterocycles. The molecule has 0 radical (unpaired) electrons. The van der Waals surface area contributed by atoms with Crippen LogP contribution in [0.15, 0.2) is 18.2 Å². The van der Waals surface area contributed by atoms with Gasteiger partial charge >= 0.3 is 5.97 Å². The second kappa shape index (κ2) is 5.26. The predicted molar refractivity (Wildman–Crippen MR) is 68.9 cm³/mol. The SMILES string of the molecule is CN1C(=O)CCN(CCC(=O)O)c2c(F)cccc21. The first-order valence-corrected chi connectivity index (χ1v) is 6.02. The van der Waals surface area contributed by atoms with Crippen LogP contribution in [-0.2, 0) is 9.59 Å². The molecule has 0 saturated carbocycles. The summed E-state index contributed by atoms with van der Waals surface area (Å²) in [5.74, 6) is -1.49. The van der Waals surface area contributed by atoms with E-state index in [1.165, 1.54) is 11.0 Å². The van der Waals surface area contributed by atoms with Gasteiger partial charge in [-0.2, -0.15) is 0 Å². The highest BCUT2D eigenvalue weighted by Crippen LogP contribution is 2.34. The summed E-state index contributed by atoms with van der Waals surface area (Å²) < 4.78 is 14.0. The van der Waals surface area contributed by atoms with Crippen molar-refractivity contribution in [2.45, 2.75) is 12.8 Å². The van der Waals surface area contributed by atoms with Gasteiger partial charge in [0, 0.05) is 26.6 Å². The fraction of sp³-hybridized carbons (Fsp3) is 0.385. The number of aliphatic carboxylic acids is 1. The van der Waals surface area contributed by atoms with E-state index in [4.69, 9.17) is 5.11 Å². The van der Waals surface area contributed by atoms with Gasteiger partial charge in [-0.05, 0) is 12.1 Å². The van der Waals surface area contributed by atoms with E-state index in [0.717, 1.165) is 0 Å². The molecule has 1 amide bonds. The highest BCUT2D eigenvalue weighted by Gasteiger charge is 2.26. The lowest BCUT2D eigenvalue weighted by molar-refractivity contribution is -0.136. The Balaban J connectivity index is 2.39. The Bertz CT molecular complexity index is 519. The second-order valence-electron chi connectivity index (χ2n) is 4.44. The van der Waals surface area contributed by atoms with Crippen molar-refractivity contribution in [3.8, 4) is 0 Å². The van der Waals surface area contributed by atoms with Gasteiger partial charge in [0.2, 0.25) is 5.91 Å². The van der Waals surface area contributed by atoms with E-state index in [-0.39, 0.29) is 25.3 Å². The van der Waals surface area contributed by atoms with Crippen LogP contribution in [0.5, 0.6) is 0 Å². The Kier molecular flexibility index (Phi) is 3.69. The van der Waals surface area contributed by atoms with Gasteiger partial charge < -0.3 is 14.9 Å². The van der Waals surface area contributed by atoms with Crippen LogP contribution in [-0.4, -0.2) is 37.1 Å². The molecule has 102 valence electrons. The maximum Gasteiger partial charge on any atom is 0.305 e. The fourth-order valence-corrected chi connectivity index (χ4v) is 2.19. The number of hydrogen-bond acceptors (Lipinski definition) is 3. The molecule has 1 aromatic carbocycles.